The maximum Gasteiger partial charge on any atom is 0.262 e. The molecule has 0 spiro atoms. The van der Waals surface area contributed by atoms with Crippen molar-refractivity contribution in [2.45, 2.75) is 33.4 Å². The fraction of sp³-hybridized carbons (Fsp3) is 0.273. The summed E-state index contributed by atoms with van der Waals surface area (Å²) in [6, 6.07) is 12.3. The van der Waals surface area contributed by atoms with Gasteiger partial charge in [-0.3, -0.25) is 4.79 Å². The summed E-state index contributed by atoms with van der Waals surface area (Å²) in [7, 11) is 0. The highest BCUT2D eigenvalue weighted by atomic mass is 35.5. The van der Waals surface area contributed by atoms with Gasteiger partial charge in [0.1, 0.15) is 18.2 Å². The van der Waals surface area contributed by atoms with Gasteiger partial charge < -0.3 is 14.8 Å². The lowest BCUT2D eigenvalue weighted by Gasteiger charge is -2.14. The van der Waals surface area contributed by atoms with E-state index in [4.69, 9.17) is 32.7 Å². The third-order valence-electron chi connectivity index (χ3n) is 3.76. The Bertz CT molecular complexity index is 950. The van der Waals surface area contributed by atoms with Crippen molar-refractivity contribution in [3.63, 3.8) is 0 Å². The van der Waals surface area contributed by atoms with Crippen molar-refractivity contribution in [1.82, 2.24) is 5.32 Å². The summed E-state index contributed by atoms with van der Waals surface area (Å²) in [4.78, 5) is 12.1. The van der Waals surface area contributed by atoms with Crippen LogP contribution in [0.5, 0.6) is 11.5 Å². The molecule has 29 heavy (non-hydrogen) atoms. The van der Waals surface area contributed by atoms with E-state index < -0.39 is 5.91 Å². The number of carbonyl (C=O) groups excluding carboxylic acids is 1. The van der Waals surface area contributed by atoms with Gasteiger partial charge in [-0.2, -0.15) is 5.26 Å². The molecule has 152 valence electrons. The Morgan fingerprint density at radius 2 is 1.93 bits per heavy atom. The van der Waals surface area contributed by atoms with E-state index in [-0.39, 0.29) is 18.2 Å². The fourth-order valence-electron chi connectivity index (χ4n) is 2.45. The molecule has 0 aliphatic heterocycles. The molecule has 0 bridgehead atoms. The van der Waals surface area contributed by atoms with Gasteiger partial charge in [-0.1, -0.05) is 35.3 Å². The number of hydrogen-bond donors (Lipinski definition) is 1. The van der Waals surface area contributed by atoms with Crippen molar-refractivity contribution in [3.05, 3.63) is 63.1 Å². The number of rotatable bonds is 8. The zero-order valence-corrected chi connectivity index (χ0v) is 18.0. The lowest BCUT2D eigenvalue weighted by atomic mass is 10.1. The molecule has 0 fully saturated rings. The van der Waals surface area contributed by atoms with Crippen LogP contribution in [0, 0.1) is 11.3 Å². The summed E-state index contributed by atoms with van der Waals surface area (Å²) >= 11 is 12.1. The highest BCUT2D eigenvalue weighted by Gasteiger charge is 2.12. The van der Waals surface area contributed by atoms with Crippen LogP contribution >= 0.6 is 23.2 Å². The number of nitrogens with one attached hydrogen (secondary N) is 1. The van der Waals surface area contributed by atoms with Gasteiger partial charge >= 0.3 is 0 Å². The molecule has 7 heteroatoms. The number of benzene rings is 2. The number of nitriles is 1. The normalized spacial score (nSPS) is 11.1. The fourth-order valence-corrected chi connectivity index (χ4v) is 2.91. The van der Waals surface area contributed by atoms with Gasteiger partial charge in [0.2, 0.25) is 0 Å². The molecule has 0 saturated heterocycles. The lowest BCUT2D eigenvalue weighted by Crippen LogP contribution is -2.30. The molecule has 0 aromatic heterocycles. The second-order valence-corrected chi connectivity index (χ2v) is 7.31. The van der Waals surface area contributed by atoms with E-state index in [1.54, 1.807) is 36.4 Å². The van der Waals surface area contributed by atoms with Crippen LogP contribution < -0.4 is 14.8 Å². The molecule has 5 nitrogen and oxygen atoms in total. The van der Waals surface area contributed by atoms with Crippen LogP contribution in [-0.2, 0) is 11.4 Å². The molecular formula is C22H22Cl2N2O3. The summed E-state index contributed by atoms with van der Waals surface area (Å²) in [5.41, 5.74) is 1.46. The number of nitrogens with zero attached hydrogens (tertiary/aromatic N) is 1. The minimum absolute atomic E-state index is 0.0164. The van der Waals surface area contributed by atoms with Crippen LogP contribution in [0.4, 0.5) is 0 Å². The third-order valence-corrected chi connectivity index (χ3v) is 4.35. The van der Waals surface area contributed by atoms with Gasteiger partial charge in [0.15, 0.2) is 11.5 Å². The van der Waals surface area contributed by atoms with Crippen molar-refractivity contribution in [1.29, 1.82) is 5.26 Å². The number of ether oxygens (including phenoxy) is 2. The first-order chi connectivity index (χ1) is 13.8. The standard InChI is InChI=1S/C22H22Cl2N2O3/c1-4-28-21-10-15(9-17(12-25)22(27)26-14(2)3)5-8-20(21)29-13-16-6-7-18(23)11-19(16)24/h5-11,14H,4,13H2,1-3H3,(H,26,27)/b17-9-. The Balaban J connectivity index is 2.24. The largest absolute Gasteiger partial charge is 0.490 e. The van der Waals surface area contributed by atoms with E-state index in [0.717, 1.165) is 5.56 Å². The third kappa shape index (κ3) is 6.70. The molecule has 0 aliphatic carbocycles. The van der Waals surface area contributed by atoms with E-state index >= 15 is 0 Å². The zero-order valence-electron chi connectivity index (χ0n) is 16.5. The first-order valence-corrected chi connectivity index (χ1v) is 9.85. The molecule has 2 rings (SSSR count). The Kier molecular flexibility index (Phi) is 8.38. The molecule has 0 aliphatic rings. The van der Waals surface area contributed by atoms with Crippen molar-refractivity contribution >= 4 is 35.2 Å². The van der Waals surface area contributed by atoms with Crippen molar-refractivity contribution in [2.75, 3.05) is 6.61 Å². The van der Waals surface area contributed by atoms with Gasteiger partial charge in [-0.15, -0.1) is 0 Å². The second-order valence-electron chi connectivity index (χ2n) is 6.46. The minimum atomic E-state index is -0.418. The molecule has 0 saturated carbocycles. The predicted octanol–water partition coefficient (Wildman–Crippen LogP) is 5.40. The first-order valence-electron chi connectivity index (χ1n) is 9.10. The molecule has 1 N–H and O–H groups in total. The van der Waals surface area contributed by atoms with E-state index in [1.807, 2.05) is 26.8 Å². The van der Waals surface area contributed by atoms with Gasteiger partial charge in [0, 0.05) is 21.7 Å². The van der Waals surface area contributed by atoms with E-state index in [2.05, 4.69) is 5.32 Å². The van der Waals surface area contributed by atoms with Gasteiger partial charge in [-0.25, -0.2) is 0 Å². The summed E-state index contributed by atoms with van der Waals surface area (Å²) in [6.07, 6.45) is 1.51. The topological polar surface area (TPSA) is 71.3 Å². The molecule has 0 heterocycles. The molecule has 0 unspecified atom stereocenters. The molecule has 0 radical (unpaired) electrons. The van der Waals surface area contributed by atoms with Crippen LogP contribution in [0.2, 0.25) is 10.0 Å². The van der Waals surface area contributed by atoms with Crippen molar-refractivity contribution < 1.29 is 14.3 Å². The zero-order chi connectivity index (χ0) is 21.4. The van der Waals surface area contributed by atoms with E-state index in [0.29, 0.717) is 33.7 Å². The maximum absolute atomic E-state index is 12.1. The SMILES string of the molecule is CCOc1cc(/C=C(/C#N)C(=O)NC(C)C)ccc1OCc1ccc(Cl)cc1Cl. The Morgan fingerprint density at radius 3 is 2.55 bits per heavy atom. The highest BCUT2D eigenvalue weighted by Crippen LogP contribution is 2.31. The van der Waals surface area contributed by atoms with Gasteiger partial charge in [0.25, 0.3) is 5.91 Å². The first kappa shape index (κ1) is 22.6. The Hall–Kier alpha value is -2.68. The van der Waals surface area contributed by atoms with Crippen molar-refractivity contribution in [2.24, 2.45) is 0 Å². The average Bonchev–Trinajstić information content (AvgIpc) is 2.66. The minimum Gasteiger partial charge on any atom is -0.490 e. The summed E-state index contributed by atoms with van der Waals surface area (Å²) in [6.45, 7) is 6.20. The summed E-state index contributed by atoms with van der Waals surface area (Å²) in [5, 5.41) is 13.1. The quantitative estimate of drug-likeness (QED) is 0.447. The van der Waals surface area contributed by atoms with Gasteiger partial charge in [-0.05, 0) is 56.7 Å². The maximum atomic E-state index is 12.1. The monoisotopic (exact) mass is 432 g/mol. The Labute approximate surface area is 180 Å². The molecule has 2 aromatic rings. The van der Waals surface area contributed by atoms with Crippen LogP contribution in [-0.4, -0.2) is 18.6 Å². The molecule has 1 amide bonds. The predicted molar refractivity (Wildman–Crippen MR) is 115 cm³/mol. The second kappa shape index (κ2) is 10.8. The number of amides is 1. The number of hydrogen-bond acceptors (Lipinski definition) is 4. The number of carbonyl (C=O) groups is 1. The molecule has 2 aromatic carbocycles. The molecule has 0 atom stereocenters. The van der Waals surface area contributed by atoms with Crippen LogP contribution in [0.1, 0.15) is 31.9 Å². The summed E-state index contributed by atoms with van der Waals surface area (Å²) in [5.74, 6) is 0.617. The molecular weight excluding hydrogens is 411 g/mol. The smallest absolute Gasteiger partial charge is 0.262 e. The Morgan fingerprint density at radius 1 is 1.17 bits per heavy atom. The van der Waals surface area contributed by atoms with Crippen LogP contribution in [0.15, 0.2) is 42.0 Å². The van der Waals surface area contributed by atoms with Gasteiger partial charge in [0.05, 0.1) is 6.61 Å². The van der Waals surface area contributed by atoms with Crippen molar-refractivity contribution in [3.8, 4) is 17.6 Å². The van der Waals surface area contributed by atoms with Crippen LogP contribution in [0.3, 0.4) is 0 Å². The van der Waals surface area contributed by atoms with E-state index in [1.165, 1.54) is 6.08 Å². The average molecular weight is 433 g/mol. The highest BCUT2D eigenvalue weighted by molar-refractivity contribution is 6.35. The van der Waals surface area contributed by atoms with Crippen LogP contribution in [0.25, 0.3) is 6.08 Å². The number of halogens is 2. The summed E-state index contributed by atoms with van der Waals surface area (Å²) < 4.78 is 11.5. The lowest BCUT2D eigenvalue weighted by molar-refractivity contribution is -0.117. The van der Waals surface area contributed by atoms with E-state index in [9.17, 15) is 10.1 Å².